The number of carbonyl (C=O) groups excluding carboxylic acids is 1. The lowest BCUT2D eigenvalue weighted by Crippen LogP contribution is -2.44. The van der Waals surface area contributed by atoms with E-state index in [1.54, 1.807) is 12.4 Å². The summed E-state index contributed by atoms with van der Waals surface area (Å²) in [6.45, 7) is 5.85. The SMILES string of the molecule is CC(C)CC(NC(=O)C1CCCN(c2ncccn2)C1)c1nc2ccccc2[nH]1. The first-order valence-electron chi connectivity index (χ1n) is 10.4. The Morgan fingerprint density at radius 2 is 2.03 bits per heavy atom. The molecule has 0 saturated carbocycles. The average molecular weight is 393 g/mol. The molecule has 1 aliphatic rings. The molecule has 3 aromatic rings. The Labute approximate surface area is 171 Å². The number of rotatable bonds is 6. The number of H-pyrrole nitrogens is 1. The number of hydrogen-bond acceptors (Lipinski definition) is 5. The Balaban J connectivity index is 1.48. The van der Waals surface area contributed by atoms with Crippen molar-refractivity contribution in [3.63, 3.8) is 0 Å². The van der Waals surface area contributed by atoms with Gasteiger partial charge in [0.1, 0.15) is 5.82 Å². The predicted molar refractivity (Wildman–Crippen MR) is 113 cm³/mol. The van der Waals surface area contributed by atoms with Crippen LogP contribution in [0.1, 0.15) is 45.0 Å². The predicted octanol–water partition coefficient (Wildman–Crippen LogP) is 3.47. The summed E-state index contributed by atoms with van der Waals surface area (Å²) in [6.07, 6.45) is 6.15. The van der Waals surface area contributed by atoms with Crippen molar-refractivity contribution in [2.75, 3.05) is 18.0 Å². The Kier molecular flexibility index (Phi) is 5.74. The molecule has 1 aliphatic heterocycles. The fourth-order valence-corrected chi connectivity index (χ4v) is 3.96. The van der Waals surface area contributed by atoms with E-state index < -0.39 is 0 Å². The van der Waals surface area contributed by atoms with Crippen LogP contribution in [0.15, 0.2) is 42.7 Å². The van der Waals surface area contributed by atoms with Crippen LogP contribution in [0.4, 0.5) is 5.95 Å². The number of aromatic nitrogens is 4. The van der Waals surface area contributed by atoms with Gasteiger partial charge in [0.05, 0.1) is 23.0 Å². The summed E-state index contributed by atoms with van der Waals surface area (Å²) in [7, 11) is 0. The third-order valence-electron chi connectivity index (χ3n) is 5.39. The van der Waals surface area contributed by atoms with E-state index in [1.165, 1.54) is 0 Å². The van der Waals surface area contributed by atoms with Crippen molar-refractivity contribution in [3.05, 3.63) is 48.5 Å². The number of fused-ring (bicyclic) bond motifs is 1. The molecule has 152 valence electrons. The Hall–Kier alpha value is -2.96. The van der Waals surface area contributed by atoms with Crippen molar-refractivity contribution < 1.29 is 4.79 Å². The number of para-hydroxylation sites is 2. The summed E-state index contributed by atoms with van der Waals surface area (Å²) in [4.78, 5) is 32.0. The topological polar surface area (TPSA) is 86.8 Å². The molecule has 1 aromatic carbocycles. The number of carbonyl (C=O) groups is 1. The highest BCUT2D eigenvalue weighted by atomic mass is 16.2. The van der Waals surface area contributed by atoms with E-state index in [2.05, 4.69) is 39.0 Å². The number of anilines is 1. The Morgan fingerprint density at radius 1 is 1.24 bits per heavy atom. The van der Waals surface area contributed by atoms with Crippen molar-refractivity contribution in [2.24, 2.45) is 11.8 Å². The summed E-state index contributed by atoms with van der Waals surface area (Å²) in [5.41, 5.74) is 1.92. The molecule has 29 heavy (non-hydrogen) atoms. The molecule has 2 unspecified atom stereocenters. The fraction of sp³-hybridized carbons (Fsp3) is 0.455. The quantitative estimate of drug-likeness (QED) is 0.671. The number of benzene rings is 1. The smallest absolute Gasteiger partial charge is 0.225 e. The minimum atomic E-state index is -0.127. The van der Waals surface area contributed by atoms with Gasteiger partial charge in [-0.1, -0.05) is 26.0 Å². The van der Waals surface area contributed by atoms with Crippen molar-refractivity contribution in [3.8, 4) is 0 Å². The van der Waals surface area contributed by atoms with Gasteiger partial charge in [0, 0.05) is 25.5 Å². The van der Waals surface area contributed by atoms with Gasteiger partial charge >= 0.3 is 0 Å². The second-order valence-corrected chi connectivity index (χ2v) is 8.16. The highest BCUT2D eigenvalue weighted by Crippen LogP contribution is 2.25. The van der Waals surface area contributed by atoms with Gasteiger partial charge in [-0.25, -0.2) is 15.0 Å². The number of nitrogens with one attached hydrogen (secondary N) is 2. The zero-order valence-corrected chi connectivity index (χ0v) is 17.0. The molecule has 7 heteroatoms. The van der Waals surface area contributed by atoms with Crippen LogP contribution in [0.25, 0.3) is 11.0 Å². The maximum Gasteiger partial charge on any atom is 0.225 e. The van der Waals surface area contributed by atoms with Crippen LogP contribution in [-0.4, -0.2) is 38.9 Å². The molecule has 0 spiro atoms. The van der Waals surface area contributed by atoms with E-state index in [-0.39, 0.29) is 17.9 Å². The van der Waals surface area contributed by atoms with Crippen LogP contribution < -0.4 is 10.2 Å². The van der Waals surface area contributed by atoms with Crippen LogP contribution in [0.5, 0.6) is 0 Å². The standard InChI is InChI=1S/C22H28N6O/c1-15(2)13-19(20-25-17-8-3-4-9-18(17)26-20)27-21(29)16-7-5-12-28(14-16)22-23-10-6-11-24-22/h3-4,6,8-11,15-16,19H,5,7,12-14H2,1-2H3,(H,25,26)(H,27,29). The van der Waals surface area contributed by atoms with Crippen LogP contribution in [0, 0.1) is 11.8 Å². The molecule has 3 heterocycles. The highest BCUT2D eigenvalue weighted by molar-refractivity contribution is 5.80. The maximum atomic E-state index is 13.1. The molecule has 2 atom stereocenters. The second-order valence-electron chi connectivity index (χ2n) is 8.16. The van der Waals surface area contributed by atoms with E-state index in [0.717, 1.165) is 42.7 Å². The van der Waals surface area contributed by atoms with Gasteiger partial charge in [0.15, 0.2) is 0 Å². The monoisotopic (exact) mass is 392 g/mol. The first kappa shape index (κ1) is 19.4. The van der Waals surface area contributed by atoms with Crippen molar-refractivity contribution >= 4 is 22.9 Å². The van der Waals surface area contributed by atoms with Crippen LogP contribution in [0.3, 0.4) is 0 Å². The summed E-state index contributed by atoms with van der Waals surface area (Å²) in [5, 5.41) is 3.27. The molecule has 0 radical (unpaired) electrons. The molecule has 0 bridgehead atoms. The van der Waals surface area contributed by atoms with Crippen LogP contribution in [0.2, 0.25) is 0 Å². The van der Waals surface area contributed by atoms with Crippen molar-refractivity contribution in [1.29, 1.82) is 0 Å². The number of nitrogens with zero attached hydrogens (tertiary/aromatic N) is 4. The molecule has 0 aliphatic carbocycles. The lowest BCUT2D eigenvalue weighted by atomic mass is 9.96. The normalized spacial score (nSPS) is 18.2. The van der Waals surface area contributed by atoms with Gasteiger partial charge in [0.2, 0.25) is 11.9 Å². The van der Waals surface area contributed by atoms with Gasteiger partial charge in [-0.2, -0.15) is 0 Å². The molecule has 4 rings (SSSR count). The number of piperidine rings is 1. The van der Waals surface area contributed by atoms with Gasteiger partial charge in [-0.3, -0.25) is 4.79 Å². The summed E-state index contributed by atoms with van der Waals surface area (Å²) >= 11 is 0. The summed E-state index contributed by atoms with van der Waals surface area (Å²) < 4.78 is 0. The van der Waals surface area contributed by atoms with Crippen molar-refractivity contribution in [1.82, 2.24) is 25.3 Å². The average Bonchev–Trinajstić information content (AvgIpc) is 3.18. The van der Waals surface area contributed by atoms with E-state index in [9.17, 15) is 4.79 Å². The molecular formula is C22H28N6O. The first-order chi connectivity index (χ1) is 14.1. The number of aromatic amines is 1. The van der Waals surface area contributed by atoms with E-state index in [0.29, 0.717) is 18.4 Å². The molecule has 2 N–H and O–H groups in total. The van der Waals surface area contributed by atoms with Gasteiger partial charge < -0.3 is 15.2 Å². The lowest BCUT2D eigenvalue weighted by molar-refractivity contribution is -0.126. The Morgan fingerprint density at radius 3 is 2.79 bits per heavy atom. The molecule has 2 aromatic heterocycles. The number of imidazole rings is 1. The van der Waals surface area contributed by atoms with E-state index >= 15 is 0 Å². The first-order valence-corrected chi connectivity index (χ1v) is 10.4. The van der Waals surface area contributed by atoms with E-state index in [4.69, 9.17) is 4.98 Å². The fourth-order valence-electron chi connectivity index (χ4n) is 3.96. The molecule has 1 amide bonds. The highest BCUT2D eigenvalue weighted by Gasteiger charge is 2.29. The zero-order valence-electron chi connectivity index (χ0n) is 17.0. The zero-order chi connectivity index (χ0) is 20.2. The minimum Gasteiger partial charge on any atom is -0.346 e. The Bertz CT molecular complexity index is 921. The largest absolute Gasteiger partial charge is 0.346 e. The summed E-state index contributed by atoms with van der Waals surface area (Å²) in [5.74, 6) is 1.96. The molecule has 7 nitrogen and oxygen atoms in total. The molecule has 1 saturated heterocycles. The van der Waals surface area contributed by atoms with Crippen LogP contribution in [-0.2, 0) is 4.79 Å². The van der Waals surface area contributed by atoms with Crippen LogP contribution >= 0.6 is 0 Å². The van der Waals surface area contributed by atoms with Gasteiger partial charge in [-0.15, -0.1) is 0 Å². The van der Waals surface area contributed by atoms with Gasteiger partial charge in [0.25, 0.3) is 0 Å². The molecular weight excluding hydrogens is 364 g/mol. The molecule has 1 fully saturated rings. The van der Waals surface area contributed by atoms with E-state index in [1.807, 2.05) is 30.3 Å². The summed E-state index contributed by atoms with van der Waals surface area (Å²) in [6, 6.07) is 9.65. The van der Waals surface area contributed by atoms with Gasteiger partial charge in [-0.05, 0) is 43.4 Å². The maximum absolute atomic E-state index is 13.1. The minimum absolute atomic E-state index is 0.0772. The van der Waals surface area contributed by atoms with Crippen molar-refractivity contribution in [2.45, 2.75) is 39.2 Å². The third-order valence-corrected chi connectivity index (χ3v) is 5.39. The number of amides is 1. The lowest BCUT2D eigenvalue weighted by Gasteiger charge is -2.32. The third kappa shape index (κ3) is 4.55. The number of hydrogen-bond donors (Lipinski definition) is 2. The second kappa shape index (κ2) is 8.59.